The van der Waals surface area contributed by atoms with Crippen LogP contribution in [0.5, 0.6) is 0 Å². The van der Waals surface area contributed by atoms with Crippen LogP contribution in [0, 0.1) is 0 Å². The van der Waals surface area contributed by atoms with Gasteiger partial charge in [-0.15, -0.1) is 0 Å². The maximum atomic E-state index is 11.4. The first-order valence-electron chi connectivity index (χ1n) is 9.18. The lowest BCUT2D eigenvalue weighted by atomic mass is 10.1. The summed E-state index contributed by atoms with van der Waals surface area (Å²) in [7, 11) is -2.83. The van der Waals surface area contributed by atoms with Gasteiger partial charge in [0.1, 0.15) is 0 Å². The predicted octanol–water partition coefficient (Wildman–Crippen LogP) is 0.396. The summed E-state index contributed by atoms with van der Waals surface area (Å²) in [4.78, 5) is 6.65. The molecule has 1 fully saturated rings. The molecule has 1 aromatic carbocycles. The van der Waals surface area contributed by atoms with Crippen LogP contribution in [-0.2, 0) is 9.84 Å². The van der Waals surface area contributed by atoms with E-state index in [0.717, 1.165) is 24.6 Å². The van der Waals surface area contributed by atoms with E-state index in [9.17, 15) is 13.5 Å². The Balaban J connectivity index is 1.72. The number of hydrogen-bond donors (Lipinski definition) is 3. The molecule has 1 aromatic rings. The summed E-state index contributed by atoms with van der Waals surface area (Å²) >= 11 is 0. The van der Waals surface area contributed by atoms with Crippen molar-refractivity contribution in [3.05, 3.63) is 35.9 Å². The van der Waals surface area contributed by atoms with Crippen LogP contribution in [0.25, 0.3) is 0 Å². The minimum Gasteiger partial charge on any atom is -0.388 e. The molecule has 1 unspecified atom stereocenters. The Morgan fingerprint density at radius 2 is 1.92 bits per heavy atom. The van der Waals surface area contributed by atoms with Gasteiger partial charge < -0.3 is 15.7 Å². The molecular formula is C18H30N4O3S. The molecule has 0 bridgehead atoms. The van der Waals surface area contributed by atoms with Crippen molar-refractivity contribution >= 4 is 15.8 Å². The Morgan fingerprint density at radius 3 is 2.58 bits per heavy atom. The summed E-state index contributed by atoms with van der Waals surface area (Å²) in [5, 5.41) is 16.6. The molecular weight excluding hydrogens is 352 g/mol. The number of aliphatic hydroxyl groups excluding tert-OH is 1. The van der Waals surface area contributed by atoms with Crippen molar-refractivity contribution in [2.75, 3.05) is 50.8 Å². The molecule has 1 heterocycles. The van der Waals surface area contributed by atoms with E-state index < -0.39 is 15.9 Å². The number of nitrogens with one attached hydrogen (secondary N) is 2. The zero-order chi connectivity index (χ0) is 18.8. The SMILES string of the molecule is CCNC(=NCCC(O)c1ccccc1)NCCN1CCS(=O)(=O)CC1. The van der Waals surface area contributed by atoms with E-state index in [1.807, 2.05) is 37.3 Å². The second kappa shape index (κ2) is 10.5. The van der Waals surface area contributed by atoms with Gasteiger partial charge in [0.15, 0.2) is 15.8 Å². The number of aliphatic hydroxyl groups is 1. The average molecular weight is 383 g/mol. The lowest BCUT2D eigenvalue weighted by molar-refractivity contribution is 0.170. The molecule has 0 spiro atoms. The summed E-state index contributed by atoms with van der Waals surface area (Å²) in [5.41, 5.74) is 0.903. The van der Waals surface area contributed by atoms with Gasteiger partial charge in [0.05, 0.1) is 17.6 Å². The van der Waals surface area contributed by atoms with Crippen LogP contribution in [0.3, 0.4) is 0 Å². The van der Waals surface area contributed by atoms with E-state index in [2.05, 4.69) is 20.5 Å². The van der Waals surface area contributed by atoms with E-state index in [1.54, 1.807) is 0 Å². The van der Waals surface area contributed by atoms with Crippen molar-refractivity contribution in [2.24, 2.45) is 4.99 Å². The topological polar surface area (TPSA) is 94.0 Å². The Kier molecular flexibility index (Phi) is 8.34. The lowest BCUT2D eigenvalue weighted by Gasteiger charge is -2.26. The molecule has 26 heavy (non-hydrogen) atoms. The molecule has 146 valence electrons. The fourth-order valence-electron chi connectivity index (χ4n) is 2.79. The normalized spacial score (nSPS) is 19.1. The first-order valence-corrected chi connectivity index (χ1v) is 11.0. The highest BCUT2D eigenvalue weighted by Gasteiger charge is 2.20. The quantitative estimate of drug-likeness (QED) is 0.445. The third-order valence-corrected chi connectivity index (χ3v) is 5.97. The molecule has 0 aliphatic carbocycles. The van der Waals surface area contributed by atoms with E-state index in [4.69, 9.17) is 0 Å². The summed E-state index contributed by atoms with van der Waals surface area (Å²) < 4.78 is 22.9. The van der Waals surface area contributed by atoms with E-state index in [-0.39, 0.29) is 11.5 Å². The van der Waals surface area contributed by atoms with E-state index in [1.165, 1.54) is 0 Å². The Hall–Kier alpha value is -1.64. The molecule has 2 rings (SSSR count). The van der Waals surface area contributed by atoms with Crippen molar-refractivity contribution in [2.45, 2.75) is 19.4 Å². The molecule has 1 aliphatic rings. The summed E-state index contributed by atoms with van der Waals surface area (Å²) in [6, 6.07) is 9.59. The Labute approximate surface area is 156 Å². The zero-order valence-electron chi connectivity index (χ0n) is 15.4. The van der Waals surface area contributed by atoms with Crippen molar-refractivity contribution in [3.8, 4) is 0 Å². The van der Waals surface area contributed by atoms with Crippen LogP contribution >= 0.6 is 0 Å². The van der Waals surface area contributed by atoms with Gasteiger partial charge in [0.25, 0.3) is 0 Å². The molecule has 0 aromatic heterocycles. The maximum Gasteiger partial charge on any atom is 0.191 e. The van der Waals surface area contributed by atoms with Gasteiger partial charge in [0.2, 0.25) is 0 Å². The van der Waals surface area contributed by atoms with Crippen LogP contribution in [0.2, 0.25) is 0 Å². The van der Waals surface area contributed by atoms with Gasteiger partial charge in [-0.1, -0.05) is 30.3 Å². The standard InChI is InChI=1S/C18H30N4O3S/c1-2-19-18(20-9-8-17(23)16-6-4-3-5-7-16)21-10-11-22-12-14-26(24,25)15-13-22/h3-7,17,23H,2,8-15H2,1H3,(H2,19,20,21). The fraction of sp³-hybridized carbons (Fsp3) is 0.611. The molecule has 1 aliphatic heterocycles. The lowest BCUT2D eigenvalue weighted by Crippen LogP contribution is -2.46. The summed E-state index contributed by atoms with van der Waals surface area (Å²) in [5.74, 6) is 1.22. The first-order chi connectivity index (χ1) is 12.5. The Bertz CT molecular complexity index is 650. The van der Waals surface area contributed by atoms with Crippen LogP contribution in [-0.4, -0.2) is 75.2 Å². The van der Waals surface area contributed by atoms with E-state index in [0.29, 0.717) is 32.6 Å². The number of aliphatic imine (C=N–C) groups is 1. The highest BCUT2D eigenvalue weighted by molar-refractivity contribution is 7.91. The molecule has 3 N–H and O–H groups in total. The third kappa shape index (κ3) is 7.31. The van der Waals surface area contributed by atoms with Crippen molar-refractivity contribution in [1.29, 1.82) is 0 Å². The molecule has 1 atom stereocenters. The van der Waals surface area contributed by atoms with Crippen LogP contribution < -0.4 is 10.6 Å². The van der Waals surface area contributed by atoms with Gasteiger partial charge in [-0.25, -0.2) is 8.42 Å². The van der Waals surface area contributed by atoms with Crippen molar-refractivity contribution in [1.82, 2.24) is 15.5 Å². The maximum absolute atomic E-state index is 11.4. The highest BCUT2D eigenvalue weighted by Crippen LogP contribution is 2.15. The van der Waals surface area contributed by atoms with Gasteiger partial charge in [-0.05, 0) is 18.9 Å². The minimum absolute atomic E-state index is 0.249. The van der Waals surface area contributed by atoms with Gasteiger partial charge in [-0.2, -0.15) is 0 Å². The second-order valence-corrected chi connectivity index (χ2v) is 8.70. The minimum atomic E-state index is -2.83. The molecule has 0 radical (unpaired) electrons. The van der Waals surface area contributed by atoms with Gasteiger partial charge in [-0.3, -0.25) is 9.89 Å². The monoisotopic (exact) mass is 382 g/mol. The average Bonchev–Trinajstić information content (AvgIpc) is 2.63. The zero-order valence-corrected chi connectivity index (χ0v) is 16.2. The molecule has 7 nitrogen and oxygen atoms in total. The summed E-state index contributed by atoms with van der Waals surface area (Å²) in [6.45, 7) is 5.97. The highest BCUT2D eigenvalue weighted by atomic mass is 32.2. The van der Waals surface area contributed by atoms with Crippen molar-refractivity contribution in [3.63, 3.8) is 0 Å². The Morgan fingerprint density at radius 1 is 1.23 bits per heavy atom. The van der Waals surface area contributed by atoms with Crippen LogP contribution in [0.1, 0.15) is 25.0 Å². The molecule has 8 heteroatoms. The summed E-state index contributed by atoms with van der Waals surface area (Å²) in [6.07, 6.45) is 0.0445. The predicted molar refractivity (Wildman–Crippen MR) is 105 cm³/mol. The van der Waals surface area contributed by atoms with Gasteiger partial charge >= 0.3 is 0 Å². The number of sulfone groups is 1. The number of hydrogen-bond acceptors (Lipinski definition) is 5. The fourth-order valence-corrected chi connectivity index (χ4v) is 4.07. The first kappa shape index (κ1) is 20.7. The van der Waals surface area contributed by atoms with Crippen LogP contribution in [0.4, 0.5) is 0 Å². The number of rotatable bonds is 8. The number of nitrogens with zero attached hydrogens (tertiary/aromatic N) is 2. The van der Waals surface area contributed by atoms with Crippen LogP contribution in [0.15, 0.2) is 35.3 Å². The smallest absolute Gasteiger partial charge is 0.191 e. The largest absolute Gasteiger partial charge is 0.388 e. The molecule has 0 amide bonds. The number of benzene rings is 1. The molecule has 0 saturated carbocycles. The molecule has 1 saturated heterocycles. The van der Waals surface area contributed by atoms with E-state index >= 15 is 0 Å². The van der Waals surface area contributed by atoms with Gasteiger partial charge in [0, 0.05) is 39.3 Å². The second-order valence-electron chi connectivity index (χ2n) is 6.40. The number of guanidine groups is 1. The third-order valence-electron chi connectivity index (χ3n) is 4.36. The van der Waals surface area contributed by atoms with Crippen molar-refractivity contribution < 1.29 is 13.5 Å².